The molecule has 9 heteroatoms. The van der Waals surface area contributed by atoms with E-state index in [1.54, 1.807) is 35.5 Å². The van der Waals surface area contributed by atoms with Gasteiger partial charge in [0.1, 0.15) is 4.90 Å². The van der Waals surface area contributed by atoms with Crippen molar-refractivity contribution in [3.8, 4) is 0 Å². The van der Waals surface area contributed by atoms with Gasteiger partial charge in [-0.05, 0) is 35.5 Å². The number of benzene rings is 1. The van der Waals surface area contributed by atoms with Gasteiger partial charge in [0, 0.05) is 24.6 Å². The van der Waals surface area contributed by atoms with E-state index < -0.39 is 17.1 Å². The van der Waals surface area contributed by atoms with Crippen molar-refractivity contribution in [3.05, 3.63) is 53.0 Å². The van der Waals surface area contributed by atoms with Crippen molar-refractivity contribution in [3.63, 3.8) is 0 Å². The fourth-order valence-electron chi connectivity index (χ4n) is 3.56. The molecule has 2 aliphatic heterocycles. The molecule has 0 aromatic heterocycles. The van der Waals surface area contributed by atoms with E-state index in [1.165, 1.54) is 0 Å². The van der Waals surface area contributed by atoms with Gasteiger partial charge in [-0.25, -0.2) is 5.01 Å². The van der Waals surface area contributed by atoms with Crippen molar-refractivity contribution >= 4 is 29.2 Å². The van der Waals surface area contributed by atoms with Crippen LogP contribution in [0.5, 0.6) is 0 Å². The van der Waals surface area contributed by atoms with Gasteiger partial charge in [0.05, 0.1) is 6.21 Å². The highest BCUT2D eigenvalue weighted by molar-refractivity contribution is 7.90. The lowest BCUT2D eigenvalue weighted by Gasteiger charge is -2.21. The summed E-state index contributed by atoms with van der Waals surface area (Å²) in [5.41, 5.74) is 2.29. The summed E-state index contributed by atoms with van der Waals surface area (Å²) in [6.07, 6.45) is 6.41. The first-order valence-corrected chi connectivity index (χ1v) is 10.8. The normalized spacial score (nSPS) is 22.8. The zero-order chi connectivity index (χ0) is 19.9. The zero-order valence-electron chi connectivity index (χ0n) is 15.8. The molecule has 1 aromatic carbocycles. The summed E-state index contributed by atoms with van der Waals surface area (Å²) < 4.78 is 34.0. The lowest BCUT2D eigenvalue weighted by Crippen LogP contribution is -2.29. The Balaban J connectivity index is 1.64. The minimum Gasteiger partial charge on any atom is -0.423 e. The van der Waals surface area contributed by atoms with Gasteiger partial charge in [-0.15, -0.1) is 4.40 Å². The Kier molecular flexibility index (Phi) is 4.99. The van der Waals surface area contributed by atoms with E-state index in [9.17, 15) is 13.4 Å². The van der Waals surface area contributed by atoms with E-state index in [0.717, 1.165) is 17.5 Å². The molecule has 1 unspecified atom stereocenters. The summed E-state index contributed by atoms with van der Waals surface area (Å²) in [4.78, 5) is 0.210. The highest BCUT2D eigenvalue weighted by Crippen LogP contribution is 2.31. The Hall–Kier alpha value is -2.23. The number of nitrogens with zero attached hydrogens (tertiary/aromatic N) is 3. The molecule has 1 fully saturated rings. The SMILES string of the molecule is CC(C)CN(/N=C/C1=CCC2COB(O)C2=C1)C1=NS(=O)(=O)c2ccccc21. The topological polar surface area (TPSA) is 91.6 Å². The summed E-state index contributed by atoms with van der Waals surface area (Å²) in [6, 6.07) is 6.80. The van der Waals surface area contributed by atoms with Crippen molar-refractivity contribution in [1.82, 2.24) is 5.01 Å². The van der Waals surface area contributed by atoms with Crippen LogP contribution in [-0.4, -0.2) is 50.8 Å². The Morgan fingerprint density at radius 1 is 1.43 bits per heavy atom. The predicted octanol–water partition coefficient (Wildman–Crippen LogP) is 2.00. The number of amidine groups is 1. The first-order valence-electron chi connectivity index (χ1n) is 9.32. The number of rotatable bonds is 4. The fourth-order valence-corrected chi connectivity index (χ4v) is 4.77. The molecular formula is C19H22BN3O4S. The van der Waals surface area contributed by atoms with E-state index in [2.05, 4.69) is 9.50 Å². The Morgan fingerprint density at radius 2 is 2.21 bits per heavy atom. The molecule has 1 N–H and O–H groups in total. The third kappa shape index (κ3) is 3.57. The third-order valence-corrected chi connectivity index (χ3v) is 6.25. The average molecular weight is 399 g/mol. The number of hydrogen-bond donors (Lipinski definition) is 1. The first kappa shape index (κ1) is 19.1. The van der Waals surface area contributed by atoms with Crippen molar-refractivity contribution < 1.29 is 18.1 Å². The molecule has 2 heterocycles. The summed E-state index contributed by atoms with van der Waals surface area (Å²) >= 11 is 0. The molecule has 3 aliphatic rings. The highest BCUT2D eigenvalue weighted by atomic mass is 32.2. The maximum Gasteiger partial charge on any atom is 0.487 e. The van der Waals surface area contributed by atoms with Crippen LogP contribution in [0, 0.1) is 11.8 Å². The summed E-state index contributed by atoms with van der Waals surface area (Å²) in [5, 5.41) is 16.1. The first-order chi connectivity index (χ1) is 13.3. The molecule has 1 saturated heterocycles. The second-order valence-electron chi connectivity index (χ2n) is 7.57. The molecule has 0 spiro atoms. The van der Waals surface area contributed by atoms with Crippen molar-refractivity contribution in [2.75, 3.05) is 13.2 Å². The van der Waals surface area contributed by atoms with Crippen molar-refractivity contribution in [1.29, 1.82) is 0 Å². The van der Waals surface area contributed by atoms with E-state index in [1.807, 2.05) is 26.0 Å². The van der Waals surface area contributed by atoms with Gasteiger partial charge in [-0.1, -0.05) is 38.1 Å². The van der Waals surface area contributed by atoms with Crippen LogP contribution in [0.4, 0.5) is 0 Å². The Morgan fingerprint density at radius 3 is 3.00 bits per heavy atom. The van der Waals surface area contributed by atoms with Crippen LogP contribution in [-0.2, 0) is 14.7 Å². The minimum atomic E-state index is -3.70. The van der Waals surface area contributed by atoms with Gasteiger partial charge in [0.2, 0.25) is 0 Å². The average Bonchev–Trinajstić information content (AvgIpc) is 3.16. The van der Waals surface area contributed by atoms with E-state index in [0.29, 0.717) is 24.6 Å². The smallest absolute Gasteiger partial charge is 0.423 e. The largest absolute Gasteiger partial charge is 0.487 e. The lowest BCUT2D eigenvalue weighted by molar-refractivity contribution is 0.275. The van der Waals surface area contributed by atoms with Crippen LogP contribution >= 0.6 is 0 Å². The molecule has 1 aromatic rings. The zero-order valence-corrected chi connectivity index (χ0v) is 16.6. The number of hydrazone groups is 1. The van der Waals surface area contributed by atoms with Crippen LogP contribution in [0.3, 0.4) is 0 Å². The lowest BCUT2D eigenvalue weighted by atomic mass is 9.71. The van der Waals surface area contributed by atoms with Crippen LogP contribution < -0.4 is 0 Å². The van der Waals surface area contributed by atoms with Gasteiger partial charge >= 0.3 is 7.12 Å². The van der Waals surface area contributed by atoms with Gasteiger partial charge in [0.15, 0.2) is 5.84 Å². The molecule has 28 heavy (non-hydrogen) atoms. The van der Waals surface area contributed by atoms with E-state index in [-0.39, 0.29) is 16.7 Å². The van der Waals surface area contributed by atoms with Crippen LogP contribution in [0.15, 0.2) is 61.9 Å². The van der Waals surface area contributed by atoms with Crippen LogP contribution in [0.25, 0.3) is 0 Å². The summed E-state index contributed by atoms with van der Waals surface area (Å²) in [6.45, 7) is 5.13. The van der Waals surface area contributed by atoms with Gasteiger partial charge in [-0.3, -0.25) is 0 Å². The molecule has 1 atom stereocenters. The maximum absolute atomic E-state index is 12.4. The van der Waals surface area contributed by atoms with E-state index in [4.69, 9.17) is 4.65 Å². The molecule has 0 amide bonds. The number of fused-ring (bicyclic) bond motifs is 2. The molecule has 0 saturated carbocycles. The molecule has 7 nitrogen and oxygen atoms in total. The standard InChI is InChI=1S/C19H22BN3O4S/c1-13(2)11-23(19-16-5-3-4-6-18(16)28(25,26)22-19)21-10-14-7-8-15-12-27-20(24)17(15)9-14/h3-7,9-10,13,15,24H,8,11-12H2,1-2H3/b21-10+. The Labute approximate surface area is 165 Å². The molecule has 1 aliphatic carbocycles. The number of hydrogen-bond acceptors (Lipinski definition) is 6. The monoisotopic (exact) mass is 399 g/mol. The summed E-state index contributed by atoms with van der Waals surface area (Å²) in [5.74, 6) is 0.810. The number of allylic oxidation sites excluding steroid dienone is 3. The Bertz CT molecular complexity index is 1010. The second-order valence-corrected chi connectivity index (χ2v) is 9.15. The molecular weight excluding hydrogens is 377 g/mol. The van der Waals surface area contributed by atoms with E-state index >= 15 is 0 Å². The highest BCUT2D eigenvalue weighted by Gasteiger charge is 2.36. The van der Waals surface area contributed by atoms with Crippen LogP contribution in [0.1, 0.15) is 25.8 Å². The minimum absolute atomic E-state index is 0.210. The quantitative estimate of drug-likeness (QED) is 0.475. The third-order valence-electron chi connectivity index (χ3n) is 4.92. The van der Waals surface area contributed by atoms with Gasteiger partial charge < -0.3 is 9.68 Å². The van der Waals surface area contributed by atoms with Crippen molar-refractivity contribution in [2.24, 2.45) is 21.3 Å². The molecule has 4 rings (SSSR count). The fraction of sp³-hybridized carbons (Fsp3) is 0.368. The molecule has 0 radical (unpaired) electrons. The molecule has 146 valence electrons. The summed E-state index contributed by atoms with van der Waals surface area (Å²) in [7, 11) is -4.56. The predicted molar refractivity (Wildman–Crippen MR) is 108 cm³/mol. The molecule has 0 bridgehead atoms. The number of sulfonamides is 1. The second kappa shape index (κ2) is 7.31. The van der Waals surface area contributed by atoms with Crippen LogP contribution in [0.2, 0.25) is 0 Å². The van der Waals surface area contributed by atoms with Gasteiger partial charge in [0.25, 0.3) is 10.0 Å². The van der Waals surface area contributed by atoms with Crippen molar-refractivity contribution in [2.45, 2.75) is 25.2 Å². The maximum atomic E-state index is 12.4. The van der Waals surface area contributed by atoms with Gasteiger partial charge in [-0.2, -0.15) is 13.5 Å².